The molecule has 6 heteroatoms. The summed E-state index contributed by atoms with van der Waals surface area (Å²) < 4.78 is 2.06. The Morgan fingerprint density at radius 3 is 2.47 bits per heavy atom. The molecule has 0 spiro atoms. The number of amides is 1. The summed E-state index contributed by atoms with van der Waals surface area (Å²) in [6.07, 6.45) is 7.23. The first-order valence-corrected chi connectivity index (χ1v) is 11.6. The Morgan fingerprint density at radius 2 is 1.78 bits per heavy atom. The molecule has 2 N–H and O–H groups in total. The molecule has 2 fully saturated rings. The Kier molecular flexibility index (Phi) is 4.23. The van der Waals surface area contributed by atoms with Crippen LogP contribution in [0.3, 0.4) is 0 Å². The highest BCUT2D eigenvalue weighted by molar-refractivity contribution is 6.02. The number of aliphatic imine (C=N–C) groups is 1. The van der Waals surface area contributed by atoms with Crippen molar-refractivity contribution in [2.24, 2.45) is 16.6 Å². The number of rotatable bonds is 5. The van der Waals surface area contributed by atoms with Crippen LogP contribution in [0.2, 0.25) is 0 Å². The third-order valence-corrected chi connectivity index (χ3v) is 7.43. The van der Waals surface area contributed by atoms with Crippen molar-refractivity contribution in [1.29, 1.82) is 0 Å². The van der Waals surface area contributed by atoms with E-state index in [2.05, 4.69) is 53.3 Å². The fourth-order valence-corrected chi connectivity index (χ4v) is 5.04. The highest BCUT2D eigenvalue weighted by Crippen LogP contribution is 2.46. The summed E-state index contributed by atoms with van der Waals surface area (Å²) in [6.45, 7) is 3.00. The predicted octanol–water partition coefficient (Wildman–Crippen LogP) is 4.11. The van der Waals surface area contributed by atoms with E-state index in [1.54, 1.807) is 7.05 Å². The summed E-state index contributed by atoms with van der Waals surface area (Å²) in [5, 5.41) is 5.92. The molecule has 2 saturated carbocycles. The molecule has 0 saturated heterocycles. The predicted molar refractivity (Wildman–Crippen MR) is 125 cm³/mol. The van der Waals surface area contributed by atoms with E-state index < -0.39 is 11.5 Å². The van der Waals surface area contributed by atoms with Gasteiger partial charge in [0, 0.05) is 25.2 Å². The summed E-state index contributed by atoms with van der Waals surface area (Å²) in [5.74, 6) is 1.22. The summed E-state index contributed by atoms with van der Waals surface area (Å²) in [7, 11) is 1.70. The molecule has 1 aromatic heterocycles. The topological polar surface area (TPSA) is 76.5 Å². The zero-order valence-corrected chi connectivity index (χ0v) is 18.7. The largest absolute Gasteiger partial charge is 0.369 e. The lowest BCUT2D eigenvalue weighted by Gasteiger charge is -2.41. The van der Waals surface area contributed by atoms with Gasteiger partial charge in [0.2, 0.25) is 5.91 Å². The molecule has 1 aliphatic heterocycles. The Labute approximate surface area is 188 Å². The Morgan fingerprint density at radius 1 is 1.06 bits per heavy atom. The number of nitrogens with zero attached hydrogens (tertiary/aromatic N) is 4. The minimum Gasteiger partial charge on any atom is -0.369 e. The molecule has 6 rings (SSSR count). The third-order valence-electron chi connectivity index (χ3n) is 7.43. The first-order valence-electron chi connectivity index (χ1n) is 11.6. The van der Waals surface area contributed by atoms with Crippen molar-refractivity contribution in [3.8, 4) is 0 Å². The van der Waals surface area contributed by atoms with Crippen molar-refractivity contribution >= 4 is 22.8 Å². The second kappa shape index (κ2) is 6.92. The SMILES string of the molecule is CN1C(=O)[C@@H](c2ccc(C3CC3)cc2)[C@@](C)(c2ccc3cn(CC4CC4)nc3c2)N=C1N. The van der Waals surface area contributed by atoms with Gasteiger partial charge in [0.05, 0.1) is 11.4 Å². The lowest BCUT2D eigenvalue weighted by Crippen LogP contribution is -2.52. The van der Waals surface area contributed by atoms with Crippen LogP contribution in [0.1, 0.15) is 61.1 Å². The first-order chi connectivity index (χ1) is 15.4. The average molecular weight is 428 g/mol. The summed E-state index contributed by atoms with van der Waals surface area (Å²) in [4.78, 5) is 19.9. The smallest absolute Gasteiger partial charge is 0.239 e. The zero-order valence-electron chi connectivity index (χ0n) is 18.7. The lowest BCUT2D eigenvalue weighted by molar-refractivity contribution is -0.130. The molecule has 3 aromatic rings. The van der Waals surface area contributed by atoms with Crippen molar-refractivity contribution < 1.29 is 4.79 Å². The van der Waals surface area contributed by atoms with Gasteiger partial charge in [-0.1, -0.05) is 36.4 Å². The van der Waals surface area contributed by atoms with Crippen LogP contribution in [-0.2, 0) is 16.9 Å². The molecule has 0 unspecified atom stereocenters. The van der Waals surface area contributed by atoms with Crippen LogP contribution in [0.25, 0.3) is 10.9 Å². The van der Waals surface area contributed by atoms with Crippen molar-refractivity contribution in [3.63, 3.8) is 0 Å². The van der Waals surface area contributed by atoms with E-state index in [9.17, 15) is 4.79 Å². The molecule has 2 heterocycles. The van der Waals surface area contributed by atoms with Gasteiger partial charge >= 0.3 is 0 Å². The number of carbonyl (C=O) groups is 1. The van der Waals surface area contributed by atoms with Gasteiger partial charge in [0.15, 0.2) is 5.96 Å². The van der Waals surface area contributed by atoms with E-state index in [0.717, 1.165) is 34.5 Å². The van der Waals surface area contributed by atoms with Crippen LogP contribution in [0.15, 0.2) is 53.7 Å². The maximum absolute atomic E-state index is 13.5. The molecule has 2 aliphatic carbocycles. The number of hydrogen-bond donors (Lipinski definition) is 1. The number of benzene rings is 2. The Hall–Kier alpha value is -3.15. The van der Waals surface area contributed by atoms with Crippen molar-refractivity contribution in [2.45, 2.75) is 56.5 Å². The summed E-state index contributed by atoms with van der Waals surface area (Å²) in [5.41, 5.74) is 9.64. The minimum atomic E-state index is -0.802. The molecule has 32 heavy (non-hydrogen) atoms. The molecule has 3 aliphatic rings. The van der Waals surface area contributed by atoms with Crippen LogP contribution in [-0.4, -0.2) is 33.6 Å². The molecular formula is C26H29N5O. The van der Waals surface area contributed by atoms with Crippen molar-refractivity contribution in [1.82, 2.24) is 14.7 Å². The molecule has 0 radical (unpaired) electrons. The van der Waals surface area contributed by atoms with Crippen LogP contribution in [0, 0.1) is 5.92 Å². The number of carbonyl (C=O) groups excluding carboxylic acids is 1. The van der Waals surface area contributed by atoms with E-state index in [1.165, 1.54) is 36.1 Å². The highest BCUT2D eigenvalue weighted by atomic mass is 16.2. The quantitative estimate of drug-likeness (QED) is 0.666. The maximum atomic E-state index is 13.5. The Bertz CT molecular complexity index is 1230. The van der Waals surface area contributed by atoms with Gasteiger partial charge in [0.25, 0.3) is 0 Å². The fraction of sp³-hybridized carbons (Fsp3) is 0.423. The standard InChI is InChI=1S/C26H29N5O/c1-26(21-12-11-20-15-31(14-16-3-4-16)29-22(20)13-21)23(24(32)30(2)25(27)28-26)19-9-7-18(8-10-19)17-5-6-17/h7-13,15-17,23H,3-6,14H2,1-2H3,(H2,27,28)/t23-,26-/m1/s1. The van der Waals surface area contributed by atoms with Crippen molar-refractivity contribution in [2.75, 3.05) is 7.05 Å². The van der Waals surface area contributed by atoms with E-state index in [4.69, 9.17) is 15.8 Å². The molecule has 2 aromatic carbocycles. The Balaban J connectivity index is 1.43. The third kappa shape index (κ3) is 3.20. The number of aromatic nitrogens is 2. The van der Waals surface area contributed by atoms with Crippen molar-refractivity contribution in [3.05, 3.63) is 65.4 Å². The number of likely N-dealkylation sites (N-methyl/N-ethyl adjacent to an activating group) is 1. The van der Waals surface area contributed by atoms with Crippen LogP contribution < -0.4 is 5.73 Å². The van der Waals surface area contributed by atoms with Gasteiger partial charge in [0.1, 0.15) is 5.54 Å². The molecule has 0 bridgehead atoms. The monoisotopic (exact) mass is 427 g/mol. The minimum absolute atomic E-state index is 0.0291. The van der Waals surface area contributed by atoms with Crippen LogP contribution in [0.4, 0.5) is 0 Å². The van der Waals surface area contributed by atoms with Crippen LogP contribution in [0.5, 0.6) is 0 Å². The summed E-state index contributed by atoms with van der Waals surface area (Å²) in [6, 6.07) is 14.8. The second-order valence-corrected chi connectivity index (χ2v) is 9.96. The lowest BCUT2D eigenvalue weighted by atomic mass is 9.74. The van der Waals surface area contributed by atoms with E-state index >= 15 is 0 Å². The molecule has 2 atom stereocenters. The maximum Gasteiger partial charge on any atom is 0.239 e. The molecule has 6 nitrogen and oxygen atoms in total. The average Bonchev–Trinajstić information content (AvgIpc) is 3.70. The number of hydrogen-bond acceptors (Lipinski definition) is 4. The molecule has 164 valence electrons. The highest BCUT2D eigenvalue weighted by Gasteiger charge is 2.47. The van der Waals surface area contributed by atoms with Gasteiger partial charge < -0.3 is 5.73 Å². The molecule has 1 amide bonds. The van der Waals surface area contributed by atoms with Gasteiger partial charge in [-0.2, -0.15) is 5.10 Å². The fourth-order valence-electron chi connectivity index (χ4n) is 5.04. The zero-order chi connectivity index (χ0) is 22.0. The first kappa shape index (κ1) is 19.5. The van der Waals surface area contributed by atoms with Gasteiger partial charge in [-0.25, -0.2) is 4.99 Å². The van der Waals surface area contributed by atoms with Gasteiger partial charge in [-0.05, 0) is 67.2 Å². The molecular weight excluding hydrogens is 398 g/mol. The van der Waals surface area contributed by atoms with Gasteiger partial charge in [-0.3, -0.25) is 14.4 Å². The number of fused-ring (bicyclic) bond motifs is 1. The van der Waals surface area contributed by atoms with Gasteiger partial charge in [-0.15, -0.1) is 0 Å². The van der Waals surface area contributed by atoms with Crippen LogP contribution >= 0.6 is 0 Å². The second-order valence-electron chi connectivity index (χ2n) is 9.96. The van der Waals surface area contributed by atoms with E-state index in [1.807, 2.05) is 6.92 Å². The van der Waals surface area contributed by atoms with E-state index in [0.29, 0.717) is 5.92 Å². The number of guanidine groups is 1. The van der Waals surface area contributed by atoms with E-state index in [-0.39, 0.29) is 11.9 Å². The number of nitrogens with two attached hydrogens (primary N) is 1. The summed E-state index contributed by atoms with van der Waals surface area (Å²) >= 11 is 0. The normalized spacial score (nSPS) is 25.9.